The Bertz CT molecular complexity index is 1450. The minimum absolute atomic E-state index is 0.159. The molecular formula is C27H31Cl2N7O3S. The van der Waals surface area contributed by atoms with Crippen molar-refractivity contribution < 1.29 is 14.3 Å². The molecule has 0 aliphatic heterocycles. The van der Waals surface area contributed by atoms with E-state index in [-0.39, 0.29) is 15.7 Å². The summed E-state index contributed by atoms with van der Waals surface area (Å²) in [5.74, 6) is 1.38. The molecule has 0 atom stereocenters. The van der Waals surface area contributed by atoms with Crippen LogP contribution < -0.4 is 25.4 Å². The Kier molecular flexibility index (Phi) is 10.3. The van der Waals surface area contributed by atoms with Gasteiger partial charge in [-0.2, -0.15) is 0 Å². The molecule has 0 saturated heterocycles. The Morgan fingerprint density at radius 3 is 2.45 bits per heavy atom. The van der Waals surface area contributed by atoms with Crippen LogP contribution in [-0.2, 0) is 6.54 Å². The number of anilines is 3. The summed E-state index contributed by atoms with van der Waals surface area (Å²) in [5.41, 5.74) is 2.11. The van der Waals surface area contributed by atoms with E-state index in [9.17, 15) is 4.79 Å². The normalized spacial score (nSPS) is 11.2. The monoisotopic (exact) mass is 603 g/mol. The van der Waals surface area contributed by atoms with Crippen LogP contribution in [0.3, 0.4) is 0 Å². The number of nitrogens with zero attached hydrogens (tertiary/aromatic N) is 4. The van der Waals surface area contributed by atoms with Crippen molar-refractivity contribution in [2.24, 2.45) is 0 Å². The van der Waals surface area contributed by atoms with E-state index >= 15 is 0 Å². The molecule has 0 aliphatic carbocycles. The Balaban J connectivity index is 1.51. The van der Waals surface area contributed by atoms with Crippen LogP contribution in [0.25, 0.3) is 10.2 Å². The van der Waals surface area contributed by atoms with Gasteiger partial charge in [-0.25, -0.2) is 15.0 Å². The van der Waals surface area contributed by atoms with Crippen molar-refractivity contribution in [3.8, 4) is 11.5 Å². The molecule has 0 spiro atoms. The van der Waals surface area contributed by atoms with Crippen LogP contribution in [-0.4, -0.2) is 66.2 Å². The second kappa shape index (κ2) is 13.9. The van der Waals surface area contributed by atoms with Crippen LogP contribution >= 0.6 is 34.5 Å². The minimum atomic E-state index is -0.439. The summed E-state index contributed by atoms with van der Waals surface area (Å²) in [7, 11) is 2.93. The van der Waals surface area contributed by atoms with Gasteiger partial charge in [-0.05, 0) is 30.8 Å². The molecular weight excluding hydrogens is 573 g/mol. The first kappa shape index (κ1) is 29.8. The van der Waals surface area contributed by atoms with Crippen LogP contribution in [0.15, 0.2) is 36.1 Å². The summed E-state index contributed by atoms with van der Waals surface area (Å²) < 4.78 is 11.3. The van der Waals surface area contributed by atoms with E-state index in [1.54, 1.807) is 17.6 Å². The molecule has 40 heavy (non-hydrogen) atoms. The Morgan fingerprint density at radius 2 is 1.77 bits per heavy atom. The fourth-order valence-corrected chi connectivity index (χ4v) is 5.60. The molecule has 0 fully saturated rings. The van der Waals surface area contributed by atoms with Gasteiger partial charge in [0.15, 0.2) is 5.82 Å². The van der Waals surface area contributed by atoms with Crippen molar-refractivity contribution in [3.63, 3.8) is 0 Å². The lowest BCUT2D eigenvalue weighted by Crippen LogP contribution is -2.31. The predicted molar refractivity (Wildman–Crippen MR) is 162 cm³/mol. The van der Waals surface area contributed by atoms with Crippen molar-refractivity contribution >= 4 is 68.0 Å². The van der Waals surface area contributed by atoms with Gasteiger partial charge in [0.2, 0.25) is 0 Å². The second-order valence-electron chi connectivity index (χ2n) is 8.67. The summed E-state index contributed by atoms with van der Waals surface area (Å²) >= 11 is 14.2. The zero-order valence-electron chi connectivity index (χ0n) is 22.7. The molecule has 4 rings (SSSR count). The number of methoxy groups -OCH3 is 2. The molecule has 212 valence electrons. The molecule has 0 radical (unpaired) electrons. The van der Waals surface area contributed by atoms with Crippen molar-refractivity contribution in [2.45, 2.75) is 20.4 Å². The average molecular weight is 605 g/mol. The molecule has 13 heteroatoms. The number of carbonyl (C=O) groups is 1. The lowest BCUT2D eigenvalue weighted by molar-refractivity contribution is 0.102. The van der Waals surface area contributed by atoms with E-state index in [4.69, 9.17) is 32.7 Å². The van der Waals surface area contributed by atoms with E-state index in [2.05, 4.69) is 49.6 Å². The number of thiophene rings is 1. The number of pyridine rings is 1. The van der Waals surface area contributed by atoms with Gasteiger partial charge in [0.25, 0.3) is 5.91 Å². The van der Waals surface area contributed by atoms with Gasteiger partial charge >= 0.3 is 0 Å². The molecule has 3 N–H and O–H groups in total. The van der Waals surface area contributed by atoms with Crippen LogP contribution in [0.2, 0.25) is 10.0 Å². The number of carbonyl (C=O) groups excluding carboxylic acids is 1. The standard InChI is InChI=1S/C27H31Cl2N7O3S/c1-5-36(6-2)10-9-30-13-16-7-8-31-20(11-16)34-26-25-23(32-15-33-26)17(14-40-25)27(37)35-24-21(28)18(38-3)12-19(39-4)22(24)29/h7-8,11-12,14-15,30H,5-6,9-10,13H2,1-4H3,(H,35,37)(H,31,32,33,34). The van der Waals surface area contributed by atoms with Gasteiger partial charge in [0.05, 0.1) is 35.7 Å². The molecule has 10 nitrogen and oxygen atoms in total. The van der Waals surface area contributed by atoms with Crippen LogP contribution in [0.4, 0.5) is 17.3 Å². The van der Waals surface area contributed by atoms with Crippen LogP contribution in [0.5, 0.6) is 11.5 Å². The van der Waals surface area contributed by atoms with E-state index in [1.807, 2.05) is 12.1 Å². The van der Waals surface area contributed by atoms with Crippen molar-refractivity contribution in [1.29, 1.82) is 0 Å². The van der Waals surface area contributed by atoms with Crippen molar-refractivity contribution in [1.82, 2.24) is 25.2 Å². The van der Waals surface area contributed by atoms with E-state index in [0.717, 1.165) is 38.3 Å². The molecule has 0 unspecified atom stereocenters. The molecule has 4 aromatic rings. The highest BCUT2D eigenvalue weighted by Gasteiger charge is 2.22. The second-order valence-corrected chi connectivity index (χ2v) is 10.3. The maximum Gasteiger partial charge on any atom is 0.258 e. The largest absolute Gasteiger partial charge is 0.495 e. The highest BCUT2D eigenvalue weighted by atomic mass is 35.5. The maximum atomic E-state index is 13.3. The maximum absolute atomic E-state index is 13.3. The number of halogens is 2. The van der Waals surface area contributed by atoms with Crippen LogP contribution in [0.1, 0.15) is 29.8 Å². The van der Waals surface area contributed by atoms with E-state index < -0.39 is 5.91 Å². The van der Waals surface area contributed by atoms with Gasteiger partial charge in [0, 0.05) is 37.3 Å². The van der Waals surface area contributed by atoms with E-state index in [1.165, 1.54) is 31.9 Å². The molecule has 1 aromatic carbocycles. The molecule has 3 heterocycles. The summed E-state index contributed by atoms with van der Waals surface area (Å²) in [6, 6.07) is 5.50. The molecule has 0 bridgehead atoms. The van der Waals surface area contributed by atoms with Crippen molar-refractivity contribution in [3.05, 3.63) is 57.3 Å². The average Bonchev–Trinajstić information content (AvgIpc) is 3.41. The smallest absolute Gasteiger partial charge is 0.258 e. The number of hydrogen-bond acceptors (Lipinski definition) is 10. The molecule has 0 saturated carbocycles. The first-order valence-electron chi connectivity index (χ1n) is 12.7. The Morgan fingerprint density at radius 1 is 1.05 bits per heavy atom. The number of ether oxygens (including phenoxy) is 2. The highest BCUT2D eigenvalue weighted by molar-refractivity contribution is 7.18. The number of benzene rings is 1. The lowest BCUT2D eigenvalue weighted by Gasteiger charge is -2.18. The van der Waals surface area contributed by atoms with Crippen molar-refractivity contribution in [2.75, 3.05) is 51.0 Å². The third kappa shape index (κ3) is 6.73. The number of aromatic nitrogens is 3. The van der Waals surface area contributed by atoms with Gasteiger partial charge in [-0.1, -0.05) is 37.0 Å². The number of likely N-dealkylation sites (N-methyl/N-ethyl adjacent to an activating group) is 1. The number of amides is 1. The van der Waals surface area contributed by atoms with Gasteiger partial charge in [-0.15, -0.1) is 11.3 Å². The third-order valence-corrected chi connectivity index (χ3v) is 8.04. The zero-order valence-corrected chi connectivity index (χ0v) is 25.0. The third-order valence-electron chi connectivity index (χ3n) is 6.31. The number of hydrogen-bond donors (Lipinski definition) is 3. The summed E-state index contributed by atoms with van der Waals surface area (Å²) in [6.45, 7) is 9.04. The summed E-state index contributed by atoms with van der Waals surface area (Å²) in [4.78, 5) is 28.9. The van der Waals surface area contributed by atoms with Gasteiger partial charge in [-0.3, -0.25) is 4.79 Å². The fraction of sp³-hybridized carbons (Fsp3) is 0.333. The number of fused-ring (bicyclic) bond motifs is 1. The zero-order chi connectivity index (χ0) is 28.6. The Labute approximate surface area is 247 Å². The van der Waals surface area contributed by atoms with E-state index in [0.29, 0.717) is 38.9 Å². The summed E-state index contributed by atoms with van der Waals surface area (Å²) in [6.07, 6.45) is 3.16. The number of nitrogens with one attached hydrogen (secondary N) is 3. The Hall–Kier alpha value is -3.22. The molecule has 1 amide bonds. The first-order chi connectivity index (χ1) is 19.4. The van der Waals surface area contributed by atoms with Gasteiger partial charge < -0.3 is 30.3 Å². The number of rotatable bonds is 13. The SMILES string of the molecule is CCN(CC)CCNCc1ccnc(Nc2ncnc3c(C(=O)Nc4c(Cl)c(OC)cc(OC)c4Cl)csc23)c1. The minimum Gasteiger partial charge on any atom is -0.495 e. The quantitative estimate of drug-likeness (QED) is 0.162. The first-order valence-corrected chi connectivity index (χ1v) is 14.3. The highest BCUT2D eigenvalue weighted by Crippen LogP contribution is 2.44. The molecule has 3 aromatic heterocycles. The summed E-state index contributed by atoms with van der Waals surface area (Å²) in [5, 5.41) is 11.6. The van der Waals surface area contributed by atoms with Crippen LogP contribution in [0, 0.1) is 0 Å². The lowest BCUT2D eigenvalue weighted by atomic mass is 10.2. The molecule has 0 aliphatic rings. The predicted octanol–water partition coefficient (Wildman–Crippen LogP) is 5.84. The van der Waals surface area contributed by atoms with Gasteiger partial charge in [0.1, 0.15) is 33.7 Å². The topological polar surface area (TPSA) is 114 Å². The fourth-order valence-electron chi connectivity index (χ4n) is 4.06.